The minimum absolute atomic E-state index is 0.249. The van der Waals surface area contributed by atoms with Crippen molar-refractivity contribution in [2.45, 2.75) is 0 Å². The van der Waals surface area contributed by atoms with Crippen molar-refractivity contribution in [1.29, 1.82) is 0 Å². The molecule has 0 aromatic heterocycles. The second kappa shape index (κ2) is 11.8. The normalized spacial score (nSPS) is 10.2. The Kier molecular flexibility index (Phi) is 8.56. The minimum atomic E-state index is -0.497. The number of anilines is 1. The van der Waals surface area contributed by atoms with Crippen molar-refractivity contribution < 1.29 is 23.9 Å². The monoisotopic (exact) mass is 511 g/mol. The van der Waals surface area contributed by atoms with Crippen LogP contribution in [0, 0.1) is 0 Å². The molecule has 3 N–H and O–H groups in total. The largest absolute Gasteiger partial charge is 0.490 e. The van der Waals surface area contributed by atoms with E-state index in [0.717, 1.165) is 0 Å². The lowest BCUT2D eigenvalue weighted by Crippen LogP contribution is -2.41. The van der Waals surface area contributed by atoms with Crippen LogP contribution in [0.5, 0.6) is 5.75 Å². The lowest BCUT2D eigenvalue weighted by Gasteiger charge is -2.11. The summed E-state index contributed by atoms with van der Waals surface area (Å²) in [7, 11) is 1.58. The third kappa shape index (κ3) is 6.90. The number of carbonyl (C=O) groups excluding carboxylic acids is 3. The lowest BCUT2D eigenvalue weighted by atomic mass is 10.1. The van der Waals surface area contributed by atoms with Crippen LogP contribution in [-0.2, 0) is 4.74 Å². The van der Waals surface area contributed by atoms with Crippen LogP contribution < -0.4 is 20.9 Å². The number of ether oxygens (including phenoxy) is 2. The summed E-state index contributed by atoms with van der Waals surface area (Å²) in [5.74, 6) is -0.657. The molecule has 170 valence electrons. The Hall–Kier alpha value is -3.69. The summed E-state index contributed by atoms with van der Waals surface area (Å²) in [5.41, 5.74) is 6.47. The van der Waals surface area contributed by atoms with Crippen LogP contribution in [0.1, 0.15) is 31.1 Å². The second-order valence-corrected chi connectivity index (χ2v) is 7.65. The molecule has 3 aromatic rings. The molecule has 33 heavy (non-hydrogen) atoms. The molecule has 0 unspecified atom stereocenters. The molecule has 0 fully saturated rings. The van der Waals surface area contributed by atoms with Gasteiger partial charge in [-0.3, -0.25) is 25.2 Å². The summed E-state index contributed by atoms with van der Waals surface area (Å²) in [6.07, 6.45) is 0. The molecule has 0 bridgehead atoms. The van der Waals surface area contributed by atoms with Crippen molar-refractivity contribution in [2.24, 2.45) is 0 Å². The highest BCUT2D eigenvalue weighted by Crippen LogP contribution is 2.26. The van der Waals surface area contributed by atoms with Crippen LogP contribution in [-0.4, -0.2) is 38.0 Å². The van der Waals surface area contributed by atoms with E-state index in [1.165, 1.54) is 0 Å². The number of halogens is 1. The molecule has 0 aliphatic rings. The van der Waals surface area contributed by atoms with Crippen molar-refractivity contribution >= 4 is 39.3 Å². The van der Waals surface area contributed by atoms with Gasteiger partial charge >= 0.3 is 0 Å². The summed E-state index contributed by atoms with van der Waals surface area (Å²) in [5, 5.41) is 2.76. The fraction of sp³-hybridized carbons (Fsp3) is 0.125. The van der Waals surface area contributed by atoms with Gasteiger partial charge in [0.1, 0.15) is 12.4 Å². The second-order valence-electron chi connectivity index (χ2n) is 6.79. The molecule has 3 amide bonds. The molecule has 0 spiro atoms. The highest BCUT2D eigenvalue weighted by atomic mass is 79.9. The van der Waals surface area contributed by atoms with E-state index in [4.69, 9.17) is 9.47 Å². The Balaban J connectivity index is 1.52. The first-order valence-electron chi connectivity index (χ1n) is 9.96. The third-order valence-corrected chi connectivity index (χ3v) is 5.09. The van der Waals surface area contributed by atoms with Gasteiger partial charge in [-0.1, -0.05) is 18.2 Å². The van der Waals surface area contributed by atoms with Crippen LogP contribution >= 0.6 is 15.9 Å². The lowest BCUT2D eigenvalue weighted by molar-refractivity contribution is 0.0846. The Morgan fingerprint density at radius 1 is 0.758 bits per heavy atom. The maximum absolute atomic E-state index is 12.4. The number of amides is 3. The number of carbonyl (C=O) groups is 3. The Bertz CT molecular complexity index is 1120. The number of nitrogens with one attached hydrogen (secondary N) is 3. The van der Waals surface area contributed by atoms with E-state index in [1.807, 2.05) is 6.07 Å². The van der Waals surface area contributed by atoms with Crippen molar-refractivity contribution in [2.75, 3.05) is 25.6 Å². The highest BCUT2D eigenvalue weighted by Gasteiger charge is 2.12. The number of hydrogen-bond donors (Lipinski definition) is 3. The zero-order valence-electron chi connectivity index (χ0n) is 17.8. The zero-order chi connectivity index (χ0) is 23.6. The average molecular weight is 512 g/mol. The number of benzene rings is 3. The fourth-order valence-corrected chi connectivity index (χ4v) is 3.24. The predicted octanol–water partition coefficient (Wildman–Crippen LogP) is 3.80. The fourth-order valence-electron chi connectivity index (χ4n) is 2.75. The van der Waals surface area contributed by atoms with E-state index in [1.54, 1.807) is 73.8 Å². The van der Waals surface area contributed by atoms with Gasteiger partial charge in [-0.05, 0) is 70.5 Å². The molecular weight excluding hydrogens is 490 g/mol. The molecule has 0 radical (unpaired) electrons. The molecule has 0 saturated carbocycles. The SMILES string of the molecule is COCCOc1ccc(C(=O)NNC(=O)c2ccc(NC(=O)c3ccccc3)cc2)cc1Br. The maximum Gasteiger partial charge on any atom is 0.269 e. The Labute approximate surface area is 199 Å². The quantitative estimate of drug-likeness (QED) is 0.315. The maximum atomic E-state index is 12.4. The zero-order valence-corrected chi connectivity index (χ0v) is 19.3. The summed E-state index contributed by atoms with van der Waals surface area (Å²) < 4.78 is 11.1. The van der Waals surface area contributed by atoms with Gasteiger partial charge in [-0.15, -0.1) is 0 Å². The average Bonchev–Trinajstić information content (AvgIpc) is 2.84. The van der Waals surface area contributed by atoms with E-state index in [-0.39, 0.29) is 5.91 Å². The van der Waals surface area contributed by atoms with E-state index in [0.29, 0.717) is 45.8 Å². The van der Waals surface area contributed by atoms with Gasteiger partial charge in [-0.2, -0.15) is 0 Å². The van der Waals surface area contributed by atoms with E-state index >= 15 is 0 Å². The molecule has 0 atom stereocenters. The highest BCUT2D eigenvalue weighted by molar-refractivity contribution is 9.10. The van der Waals surface area contributed by atoms with Gasteiger partial charge in [-0.25, -0.2) is 0 Å². The summed E-state index contributed by atoms with van der Waals surface area (Å²) in [6.45, 7) is 0.826. The van der Waals surface area contributed by atoms with Gasteiger partial charge in [0.15, 0.2) is 0 Å². The van der Waals surface area contributed by atoms with Crippen LogP contribution in [0.2, 0.25) is 0 Å². The molecule has 9 heteroatoms. The van der Waals surface area contributed by atoms with Crippen molar-refractivity contribution in [1.82, 2.24) is 10.9 Å². The molecule has 3 rings (SSSR count). The van der Waals surface area contributed by atoms with Gasteiger partial charge in [0, 0.05) is 29.5 Å². The van der Waals surface area contributed by atoms with Crippen molar-refractivity contribution in [3.63, 3.8) is 0 Å². The van der Waals surface area contributed by atoms with E-state index < -0.39 is 11.8 Å². The molecular formula is C24H22BrN3O5. The molecule has 8 nitrogen and oxygen atoms in total. The number of hydrazine groups is 1. The molecule has 0 aliphatic heterocycles. The molecule has 0 aliphatic carbocycles. The molecule has 0 heterocycles. The van der Waals surface area contributed by atoms with Crippen LogP contribution in [0.15, 0.2) is 77.3 Å². The van der Waals surface area contributed by atoms with Gasteiger partial charge in [0.2, 0.25) is 0 Å². The Morgan fingerprint density at radius 3 is 2.00 bits per heavy atom. The van der Waals surface area contributed by atoms with Crippen LogP contribution in [0.4, 0.5) is 5.69 Å². The molecule has 0 saturated heterocycles. The van der Waals surface area contributed by atoms with E-state index in [9.17, 15) is 14.4 Å². The summed E-state index contributed by atoms with van der Waals surface area (Å²) in [6, 6.07) is 19.9. The Morgan fingerprint density at radius 2 is 1.36 bits per heavy atom. The van der Waals surface area contributed by atoms with Gasteiger partial charge in [0.05, 0.1) is 11.1 Å². The van der Waals surface area contributed by atoms with Crippen molar-refractivity contribution in [3.8, 4) is 5.75 Å². The van der Waals surface area contributed by atoms with Crippen LogP contribution in [0.25, 0.3) is 0 Å². The first-order valence-corrected chi connectivity index (χ1v) is 10.8. The first kappa shape index (κ1) is 24.0. The predicted molar refractivity (Wildman–Crippen MR) is 127 cm³/mol. The van der Waals surface area contributed by atoms with Crippen molar-refractivity contribution in [3.05, 3.63) is 94.0 Å². The molecule has 3 aromatic carbocycles. The minimum Gasteiger partial charge on any atom is -0.490 e. The number of rotatable bonds is 8. The third-order valence-electron chi connectivity index (χ3n) is 4.47. The first-order chi connectivity index (χ1) is 16.0. The van der Waals surface area contributed by atoms with Crippen LogP contribution in [0.3, 0.4) is 0 Å². The summed E-state index contributed by atoms with van der Waals surface area (Å²) in [4.78, 5) is 36.9. The van der Waals surface area contributed by atoms with Gasteiger partial charge < -0.3 is 14.8 Å². The van der Waals surface area contributed by atoms with Gasteiger partial charge in [0.25, 0.3) is 17.7 Å². The summed E-state index contributed by atoms with van der Waals surface area (Å²) >= 11 is 3.36. The standard InChI is InChI=1S/C24H22BrN3O5/c1-32-13-14-33-21-12-9-18(15-20(21)25)24(31)28-27-23(30)17-7-10-19(11-8-17)26-22(29)16-5-3-2-4-6-16/h2-12,15H,13-14H2,1H3,(H,26,29)(H,27,30)(H,28,31). The van der Waals surface area contributed by atoms with E-state index in [2.05, 4.69) is 32.1 Å². The topological polar surface area (TPSA) is 106 Å². The number of hydrogen-bond acceptors (Lipinski definition) is 5. The number of methoxy groups -OCH3 is 1. The smallest absolute Gasteiger partial charge is 0.269 e.